The molecule has 1 unspecified atom stereocenters. The summed E-state index contributed by atoms with van der Waals surface area (Å²) in [6, 6.07) is 50.1. The molecule has 0 spiro atoms. The molecule has 1 aliphatic carbocycles. The van der Waals surface area contributed by atoms with Gasteiger partial charge in [0.15, 0.2) is 0 Å². The number of rotatable bonds is 6. The largest absolute Gasteiger partial charge is 0.0808 e. The number of hydrogen-bond donors (Lipinski definition) is 0. The second kappa shape index (κ2) is 19.0. The van der Waals surface area contributed by atoms with Gasteiger partial charge in [-0.2, -0.15) is 0 Å². The molecule has 1 atom stereocenters. The molecular weight excluding hydrogens is 775 g/mol. The zero-order valence-corrected chi connectivity index (χ0v) is 35.8. The first-order valence-corrected chi connectivity index (χ1v) is 23.9. The molecule has 8 rings (SSSR count). The molecule has 0 nitrogen and oxygen atoms in total. The van der Waals surface area contributed by atoms with E-state index in [1.165, 1.54) is 84.0 Å². The van der Waals surface area contributed by atoms with Gasteiger partial charge in [-0.3, -0.25) is 0 Å². The molecule has 0 saturated heterocycles. The molecule has 0 N–H and O–H groups in total. The van der Waals surface area contributed by atoms with Crippen molar-refractivity contribution < 1.29 is 0 Å². The van der Waals surface area contributed by atoms with E-state index in [0.717, 1.165) is 6.42 Å². The van der Waals surface area contributed by atoms with Crippen LogP contribution in [0.25, 0.3) is 33.0 Å². The van der Waals surface area contributed by atoms with Crippen LogP contribution in [0.4, 0.5) is 0 Å². The monoisotopic (exact) mass is 830 g/mol. The van der Waals surface area contributed by atoms with Crippen LogP contribution in [0.15, 0.2) is 183 Å². The Morgan fingerprint density at radius 1 is 0.618 bits per heavy atom. The summed E-state index contributed by atoms with van der Waals surface area (Å²) in [6.45, 7) is 13.3. The summed E-state index contributed by atoms with van der Waals surface area (Å²) in [5, 5.41) is 2.70. The Balaban J connectivity index is 0.000000143. The van der Waals surface area contributed by atoms with Crippen LogP contribution in [0, 0.1) is 26.7 Å². The van der Waals surface area contributed by atoms with Gasteiger partial charge in [0, 0.05) is 0 Å². The van der Waals surface area contributed by atoms with E-state index in [1.807, 2.05) is 0 Å². The van der Waals surface area contributed by atoms with Gasteiger partial charge in [0.05, 0.1) is 0 Å². The molecular formula is C54H55I. The number of benzene rings is 6. The maximum atomic E-state index is 2.42. The summed E-state index contributed by atoms with van der Waals surface area (Å²) < 4.78 is 4.02. The summed E-state index contributed by atoms with van der Waals surface area (Å²) >= 11 is -1.03. The summed E-state index contributed by atoms with van der Waals surface area (Å²) in [6.07, 6.45) is 13.6. The van der Waals surface area contributed by atoms with Crippen molar-refractivity contribution >= 4 is 41.7 Å². The number of aryl methyl sites for hydroxylation is 3. The van der Waals surface area contributed by atoms with Gasteiger partial charge in [-0.05, 0) is 66.0 Å². The average Bonchev–Trinajstić information content (AvgIpc) is 3.65. The average molecular weight is 831 g/mol. The number of alkyl halides is 1. The Bertz CT molecular complexity index is 2350. The first-order valence-electron chi connectivity index (χ1n) is 19.4. The van der Waals surface area contributed by atoms with Crippen LogP contribution in [0.2, 0.25) is 0 Å². The smallest absolute Gasteiger partial charge is 0.00258 e. The minimum atomic E-state index is -1.03. The van der Waals surface area contributed by atoms with E-state index in [2.05, 4.69) is 220 Å². The maximum absolute atomic E-state index is 2.42. The van der Waals surface area contributed by atoms with Gasteiger partial charge in [0.25, 0.3) is 0 Å². The molecule has 0 bridgehead atoms. The van der Waals surface area contributed by atoms with Gasteiger partial charge >= 0.3 is 135 Å². The first-order chi connectivity index (χ1) is 26.7. The van der Waals surface area contributed by atoms with Crippen LogP contribution in [0.3, 0.4) is 0 Å². The second-order valence-electron chi connectivity index (χ2n) is 14.9. The van der Waals surface area contributed by atoms with Crippen molar-refractivity contribution in [2.24, 2.45) is 5.92 Å². The topological polar surface area (TPSA) is 0 Å². The van der Waals surface area contributed by atoms with E-state index in [9.17, 15) is 0 Å². The molecule has 1 heteroatoms. The van der Waals surface area contributed by atoms with E-state index in [-0.39, 0.29) is 0 Å². The third-order valence-electron chi connectivity index (χ3n) is 10.5. The van der Waals surface area contributed by atoms with Gasteiger partial charge in [0.1, 0.15) is 0 Å². The van der Waals surface area contributed by atoms with E-state index in [1.54, 1.807) is 3.58 Å². The van der Waals surface area contributed by atoms with Crippen LogP contribution in [-0.2, 0) is 6.42 Å². The molecule has 0 amide bonds. The van der Waals surface area contributed by atoms with Crippen molar-refractivity contribution in [3.8, 4) is 11.1 Å². The summed E-state index contributed by atoms with van der Waals surface area (Å²) in [4.78, 5) is 2.42. The number of halogens is 1. The van der Waals surface area contributed by atoms with Crippen LogP contribution in [0.1, 0.15) is 66.1 Å². The van der Waals surface area contributed by atoms with Crippen molar-refractivity contribution in [1.82, 2.24) is 0 Å². The van der Waals surface area contributed by atoms with E-state index in [0.29, 0.717) is 5.92 Å². The van der Waals surface area contributed by atoms with Crippen LogP contribution in [-0.4, -0.2) is 4.93 Å². The number of allylic oxidation sites excluding steroid dienone is 9. The standard InChI is InChI=1S/C20H21I.C20H18.C14H16/c1-14-11-12-17-8-5-6-9-18(17)20(14)16(3)15(2)19-10-7-13-21(19)4;1-16-7-9-17(10-8-16)15-18-11-13-20(14-12-18)19-5-3-2-4-6-19;1-11-3-7-13(8-4-11)14-9-5-12(2)6-10-14/h5-13H,1-4H3;2-14H,15H2,1H3;3-5,7-10,12H,6H2,1-2H3/b16-15+;;. The van der Waals surface area contributed by atoms with E-state index in [4.69, 9.17) is 0 Å². The van der Waals surface area contributed by atoms with Crippen LogP contribution >= 0.6 is 19.8 Å². The third kappa shape index (κ3) is 10.6. The molecule has 1 heterocycles. The minimum absolute atomic E-state index is 0.698. The van der Waals surface area contributed by atoms with Crippen LogP contribution < -0.4 is 0 Å². The molecule has 55 heavy (non-hydrogen) atoms. The predicted molar refractivity (Wildman–Crippen MR) is 252 cm³/mol. The summed E-state index contributed by atoms with van der Waals surface area (Å²) in [5.74, 6) is 0.698. The molecule has 0 saturated carbocycles. The Labute approximate surface area is 338 Å². The zero-order chi connectivity index (χ0) is 38.7. The number of fused-ring (bicyclic) bond motifs is 1. The Kier molecular flexibility index (Phi) is 13.7. The van der Waals surface area contributed by atoms with Gasteiger partial charge in [-0.25, -0.2) is 0 Å². The fraction of sp³-hybridized carbons (Fsp3) is 0.185. The summed E-state index contributed by atoms with van der Waals surface area (Å²) in [7, 11) is 0. The SMILES string of the molecule is C/C(C1=CC=CI1C)=C(/C)c1c(C)ccc2ccccc12.Cc1ccc(C2=CCC(C)C=C2)cc1.Cc1ccc(Cc2ccc(-c3ccccc3)cc2)cc1. The maximum Gasteiger partial charge on any atom is -0.00258 e. The normalized spacial score (nSPS) is 15.6. The molecule has 2 aliphatic rings. The van der Waals surface area contributed by atoms with Crippen molar-refractivity contribution in [3.05, 3.63) is 222 Å². The van der Waals surface area contributed by atoms with Gasteiger partial charge < -0.3 is 0 Å². The summed E-state index contributed by atoms with van der Waals surface area (Å²) in [5.41, 5.74) is 16.3. The zero-order valence-electron chi connectivity index (χ0n) is 33.6. The molecule has 1 aliphatic heterocycles. The van der Waals surface area contributed by atoms with Gasteiger partial charge in [-0.1, -0.05) is 139 Å². The molecule has 6 aromatic carbocycles. The fourth-order valence-electron chi connectivity index (χ4n) is 7.07. The van der Waals surface area contributed by atoms with Crippen molar-refractivity contribution in [3.63, 3.8) is 0 Å². The fourth-order valence-corrected chi connectivity index (χ4v) is 10.7. The Morgan fingerprint density at radius 2 is 1.20 bits per heavy atom. The second-order valence-corrected chi connectivity index (χ2v) is 19.7. The van der Waals surface area contributed by atoms with E-state index >= 15 is 0 Å². The predicted octanol–water partition coefficient (Wildman–Crippen LogP) is 15.7. The quantitative estimate of drug-likeness (QED) is 0.116. The third-order valence-corrected chi connectivity index (χ3v) is 15.0. The van der Waals surface area contributed by atoms with Gasteiger partial charge in [-0.15, -0.1) is 0 Å². The molecule has 278 valence electrons. The molecule has 6 aromatic rings. The van der Waals surface area contributed by atoms with Crippen LogP contribution in [0.5, 0.6) is 0 Å². The molecule has 0 fully saturated rings. The molecule has 0 aromatic heterocycles. The first kappa shape index (κ1) is 39.7. The Hall–Kier alpha value is -4.99. The molecule has 0 radical (unpaired) electrons. The van der Waals surface area contributed by atoms with E-state index < -0.39 is 19.8 Å². The van der Waals surface area contributed by atoms with Crippen molar-refractivity contribution in [1.29, 1.82) is 0 Å². The van der Waals surface area contributed by atoms with Crippen molar-refractivity contribution in [2.45, 2.75) is 54.4 Å². The Morgan fingerprint density at radius 3 is 1.82 bits per heavy atom. The minimum Gasteiger partial charge on any atom is -0.0808 e. The number of hydrogen-bond acceptors (Lipinski definition) is 0. The van der Waals surface area contributed by atoms with Gasteiger partial charge in [0.2, 0.25) is 0 Å². The van der Waals surface area contributed by atoms with Crippen molar-refractivity contribution in [2.75, 3.05) is 4.93 Å².